The van der Waals surface area contributed by atoms with E-state index in [2.05, 4.69) is 36.0 Å². The van der Waals surface area contributed by atoms with Crippen molar-refractivity contribution in [2.45, 2.75) is 90.4 Å². The Balaban J connectivity index is 3.20. The molecule has 0 amide bonds. The topological polar surface area (TPSA) is 26.3 Å². The van der Waals surface area contributed by atoms with Gasteiger partial charge in [0.2, 0.25) is 0 Å². The second-order valence-electron chi connectivity index (χ2n) is 5.91. The minimum atomic E-state index is -0.0821. The standard InChI is InChI=1S/C20H36O2/c1-3-4-5-6-7-8-9-10-11-12-13-14-15-16-17-18-19-20(21)22-2/h8-9,11-12H,3-7,10,13-19H2,1-2H3. The molecule has 2 heteroatoms. The van der Waals surface area contributed by atoms with Crippen molar-refractivity contribution in [3.05, 3.63) is 24.3 Å². The lowest BCUT2D eigenvalue weighted by molar-refractivity contribution is -0.140. The summed E-state index contributed by atoms with van der Waals surface area (Å²) >= 11 is 0. The molecule has 0 saturated heterocycles. The molecule has 0 aliphatic rings. The zero-order chi connectivity index (χ0) is 16.3. The predicted molar refractivity (Wildman–Crippen MR) is 96.0 cm³/mol. The number of methoxy groups -OCH3 is 1. The highest BCUT2D eigenvalue weighted by atomic mass is 16.5. The van der Waals surface area contributed by atoms with E-state index < -0.39 is 0 Å². The van der Waals surface area contributed by atoms with Gasteiger partial charge in [-0.25, -0.2) is 0 Å². The van der Waals surface area contributed by atoms with E-state index in [0.29, 0.717) is 6.42 Å². The Morgan fingerprint density at radius 2 is 1.32 bits per heavy atom. The first kappa shape index (κ1) is 20.9. The molecule has 0 saturated carbocycles. The van der Waals surface area contributed by atoms with E-state index in [4.69, 9.17) is 0 Å². The molecule has 0 spiro atoms. The molecule has 0 atom stereocenters. The minimum Gasteiger partial charge on any atom is -0.469 e. The fraction of sp³-hybridized carbons (Fsp3) is 0.750. The van der Waals surface area contributed by atoms with Crippen LogP contribution in [0.2, 0.25) is 0 Å². The lowest BCUT2D eigenvalue weighted by atomic mass is 10.1. The molecule has 22 heavy (non-hydrogen) atoms. The summed E-state index contributed by atoms with van der Waals surface area (Å²) in [6, 6.07) is 0. The molecule has 0 N–H and O–H groups in total. The Hall–Kier alpha value is -1.05. The Labute approximate surface area is 138 Å². The largest absolute Gasteiger partial charge is 0.469 e. The molecular weight excluding hydrogens is 272 g/mol. The van der Waals surface area contributed by atoms with Gasteiger partial charge in [0.25, 0.3) is 0 Å². The van der Waals surface area contributed by atoms with E-state index in [9.17, 15) is 4.79 Å². The van der Waals surface area contributed by atoms with Gasteiger partial charge in [-0.2, -0.15) is 0 Å². The minimum absolute atomic E-state index is 0.0821. The molecule has 0 unspecified atom stereocenters. The van der Waals surface area contributed by atoms with Gasteiger partial charge in [-0.3, -0.25) is 4.79 Å². The van der Waals surface area contributed by atoms with Crippen LogP contribution >= 0.6 is 0 Å². The molecule has 0 aromatic carbocycles. The van der Waals surface area contributed by atoms with Crippen LogP contribution in [-0.2, 0) is 9.53 Å². The fourth-order valence-corrected chi connectivity index (χ4v) is 2.36. The average molecular weight is 309 g/mol. The molecule has 0 heterocycles. The van der Waals surface area contributed by atoms with Crippen molar-refractivity contribution in [3.63, 3.8) is 0 Å². The van der Waals surface area contributed by atoms with Crippen LogP contribution in [0.3, 0.4) is 0 Å². The van der Waals surface area contributed by atoms with Gasteiger partial charge in [-0.1, -0.05) is 69.8 Å². The molecule has 0 bridgehead atoms. The van der Waals surface area contributed by atoms with Crippen LogP contribution in [0.4, 0.5) is 0 Å². The molecule has 0 aromatic heterocycles. The van der Waals surface area contributed by atoms with Crippen molar-refractivity contribution < 1.29 is 9.53 Å². The van der Waals surface area contributed by atoms with E-state index in [1.54, 1.807) is 0 Å². The maximum Gasteiger partial charge on any atom is 0.305 e. The van der Waals surface area contributed by atoms with Gasteiger partial charge in [0, 0.05) is 6.42 Å². The number of esters is 1. The molecule has 2 nitrogen and oxygen atoms in total. The third-order valence-corrected chi connectivity index (χ3v) is 3.81. The molecular formula is C20H36O2. The van der Waals surface area contributed by atoms with Gasteiger partial charge in [-0.05, 0) is 38.5 Å². The number of carbonyl (C=O) groups is 1. The third kappa shape index (κ3) is 17.0. The first-order chi connectivity index (χ1) is 10.8. The molecule has 0 aliphatic carbocycles. The van der Waals surface area contributed by atoms with Crippen molar-refractivity contribution in [2.75, 3.05) is 7.11 Å². The van der Waals surface area contributed by atoms with Crippen molar-refractivity contribution in [3.8, 4) is 0 Å². The summed E-state index contributed by atoms with van der Waals surface area (Å²) in [5.74, 6) is -0.0821. The Morgan fingerprint density at radius 3 is 1.91 bits per heavy atom. The number of allylic oxidation sites excluding steroid dienone is 4. The monoisotopic (exact) mass is 308 g/mol. The predicted octanol–water partition coefficient (Wildman–Crippen LogP) is 6.36. The molecule has 0 radical (unpaired) electrons. The normalized spacial score (nSPS) is 11.5. The zero-order valence-corrected chi connectivity index (χ0v) is 14.8. The average Bonchev–Trinajstić information content (AvgIpc) is 2.54. The van der Waals surface area contributed by atoms with Crippen LogP contribution < -0.4 is 0 Å². The second kappa shape index (κ2) is 18.0. The second-order valence-corrected chi connectivity index (χ2v) is 5.91. The van der Waals surface area contributed by atoms with E-state index >= 15 is 0 Å². The van der Waals surface area contributed by atoms with Gasteiger partial charge in [0.1, 0.15) is 0 Å². The smallest absolute Gasteiger partial charge is 0.305 e. The summed E-state index contributed by atoms with van der Waals surface area (Å²) in [7, 11) is 1.45. The summed E-state index contributed by atoms with van der Waals surface area (Å²) in [4.78, 5) is 10.9. The quantitative estimate of drug-likeness (QED) is 0.200. The van der Waals surface area contributed by atoms with Gasteiger partial charge in [-0.15, -0.1) is 0 Å². The fourth-order valence-electron chi connectivity index (χ4n) is 2.36. The Kier molecular flexibility index (Phi) is 17.1. The summed E-state index contributed by atoms with van der Waals surface area (Å²) < 4.78 is 4.62. The number of unbranched alkanes of at least 4 members (excludes halogenated alkanes) is 9. The van der Waals surface area contributed by atoms with E-state index in [-0.39, 0.29) is 5.97 Å². The SMILES string of the molecule is CCCCCCC=CCC=CCCCCCCCC(=O)OC. The molecule has 0 aliphatic heterocycles. The van der Waals surface area contributed by atoms with E-state index in [1.807, 2.05) is 0 Å². The third-order valence-electron chi connectivity index (χ3n) is 3.81. The molecule has 0 fully saturated rings. The van der Waals surface area contributed by atoms with Gasteiger partial charge in [0.15, 0.2) is 0 Å². The van der Waals surface area contributed by atoms with Crippen LogP contribution in [-0.4, -0.2) is 13.1 Å². The van der Waals surface area contributed by atoms with E-state index in [0.717, 1.165) is 19.3 Å². The number of hydrogen-bond donors (Lipinski definition) is 0. The van der Waals surface area contributed by atoms with Crippen molar-refractivity contribution >= 4 is 5.97 Å². The molecule has 0 rings (SSSR count). The van der Waals surface area contributed by atoms with Crippen molar-refractivity contribution in [1.29, 1.82) is 0 Å². The Bertz CT molecular complexity index is 292. The highest BCUT2D eigenvalue weighted by molar-refractivity contribution is 5.68. The number of hydrogen-bond acceptors (Lipinski definition) is 2. The maximum atomic E-state index is 10.9. The molecule has 0 aromatic rings. The van der Waals surface area contributed by atoms with Crippen LogP contribution in [0.15, 0.2) is 24.3 Å². The van der Waals surface area contributed by atoms with E-state index in [1.165, 1.54) is 64.9 Å². The Morgan fingerprint density at radius 1 is 0.773 bits per heavy atom. The highest BCUT2D eigenvalue weighted by Crippen LogP contribution is 2.08. The van der Waals surface area contributed by atoms with Crippen LogP contribution in [0.1, 0.15) is 90.4 Å². The van der Waals surface area contributed by atoms with Gasteiger partial charge < -0.3 is 4.74 Å². The van der Waals surface area contributed by atoms with Crippen molar-refractivity contribution in [1.82, 2.24) is 0 Å². The van der Waals surface area contributed by atoms with Crippen LogP contribution in [0, 0.1) is 0 Å². The number of rotatable bonds is 15. The lowest BCUT2D eigenvalue weighted by Gasteiger charge is -1.99. The summed E-state index contributed by atoms with van der Waals surface area (Å²) in [6.45, 7) is 2.25. The summed E-state index contributed by atoms with van der Waals surface area (Å²) in [5, 5.41) is 0. The summed E-state index contributed by atoms with van der Waals surface area (Å²) in [5.41, 5.74) is 0. The maximum absolute atomic E-state index is 10.9. The highest BCUT2D eigenvalue weighted by Gasteiger charge is 1.98. The van der Waals surface area contributed by atoms with Crippen molar-refractivity contribution in [2.24, 2.45) is 0 Å². The van der Waals surface area contributed by atoms with Gasteiger partial charge in [0.05, 0.1) is 7.11 Å². The first-order valence-electron chi connectivity index (χ1n) is 9.18. The van der Waals surface area contributed by atoms with Crippen LogP contribution in [0.5, 0.6) is 0 Å². The van der Waals surface area contributed by atoms with Crippen LogP contribution in [0.25, 0.3) is 0 Å². The number of carbonyl (C=O) groups excluding carboxylic acids is 1. The number of ether oxygens (including phenoxy) is 1. The summed E-state index contributed by atoms with van der Waals surface area (Å²) in [6.07, 6.45) is 24.5. The van der Waals surface area contributed by atoms with Gasteiger partial charge >= 0.3 is 5.97 Å². The lowest BCUT2D eigenvalue weighted by Crippen LogP contribution is -1.98. The first-order valence-corrected chi connectivity index (χ1v) is 9.18. The zero-order valence-electron chi connectivity index (χ0n) is 14.8. The molecule has 128 valence electrons.